The second-order valence-electron chi connectivity index (χ2n) is 4.05. The number of hydrogen-bond donors (Lipinski definition) is 1. The van der Waals surface area contributed by atoms with E-state index in [0.29, 0.717) is 5.76 Å². The summed E-state index contributed by atoms with van der Waals surface area (Å²) in [5, 5.41) is 3.32. The Kier molecular flexibility index (Phi) is 2.11. The molecule has 0 atom stereocenters. The first-order chi connectivity index (χ1) is 8.24. The fourth-order valence-electron chi connectivity index (χ4n) is 2.10. The van der Waals surface area contributed by atoms with Gasteiger partial charge in [0.2, 0.25) is 5.91 Å². The molecule has 0 radical (unpaired) electrons. The van der Waals surface area contributed by atoms with Gasteiger partial charge in [-0.1, -0.05) is 30.3 Å². The van der Waals surface area contributed by atoms with Gasteiger partial charge >= 0.3 is 0 Å². The lowest BCUT2D eigenvalue weighted by Gasteiger charge is -1.96. The van der Waals surface area contributed by atoms with E-state index in [1.807, 2.05) is 36.4 Å². The summed E-state index contributed by atoms with van der Waals surface area (Å²) in [6, 6.07) is 13.9. The average molecular weight is 225 g/mol. The molecule has 2 aromatic carbocycles. The van der Waals surface area contributed by atoms with Gasteiger partial charge in [-0.25, -0.2) is 0 Å². The number of primary amides is 1. The van der Waals surface area contributed by atoms with Crippen LogP contribution < -0.4 is 5.73 Å². The highest BCUT2D eigenvalue weighted by atomic mass is 16.3. The van der Waals surface area contributed by atoms with Gasteiger partial charge in [0.1, 0.15) is 11.3 Å². The van der Waals surface area contributed by atoms with Gasteiger partial charge in [0.25, 0.3) is 0 Å². The van der Waals surface area contributed by atoms with Crippen molar-refractivity contribution < 1.29 is 9.21 Å². The smallest absolute Gasteiger partial charge is 0.225 e. The van der Waals surface area contributed by atoms with Crippen LogP contribution in [0, 0.1) is 0 Å². The van der Waals surface area contributed by atoms with E-state index in [9.17, 15) is 4.79 Å². The van der Waals surface area contributed by atoms with Crippen molar-refractivity contribution in [3.05, 3.63) is 48.2 Å². The summed E-state index contributed by atoms with van der Waals surface area (Å²) in [5.74, 6) is 0.234. The molecule has 1 amide bonds. The summed E-state index contributed by atoms with van der Waals surface area (Å²) < 4.78 is 5.59. The Balaban J connectivity index is 2.27. The molecule has 3 rings (SSSR count). The molecule has 3 aromatic rings. The number of furan rings is 1. The molecule has 2 N–H and O–H groups in total. The Morgan fingerprint density at radius 3 is 2.76 bits per heavy atom. The predicted molar refractivity (Wildman–Crippen MR) is 66.6 cm³/mol. The van der Waals surface area contributed by atoms with E-state index in [-0.39, 0.29) is 12.3 Å². The number of benzene rings is 2. The number of hydrogen-bond acceptors (Lipinski definition) is 2. The van der Waals surface area contributed by atoms with Crippen LogP contribution >= 0.6 is 0 Å². The number of carbonyl (C=O) groups excluding carboxylic acids is 1. The normalized spacial score (nSPS) is 11.1. The van der Waals surface area contributed by atoms with Crippen molar-refractivity contribution in [2.24, 2.45) is 5.73 Å². The minimum atomic E-state index is -0.381. The summed E-state index contributed by atoms with van der Waals surface area (Å²) in [7, 11) is 0. The largest absolute Gasteiger partial charge is 0.461 e. The van der Waals surface area contributed by atoms with Crippen molar-refractivity contribution in [1.29, 1.82) is 0 Å². The molecule has 0 aliphatic heterocycles. The Hall–Kier alpha value is -2.29. The number of carbonyl (C=O) groups is 1. The first kappa shape index (κ1) is 9.90. The van der Waals surface area contributed by atoms with Gasteiger partial charge in [0.05, 0.1) is 6.42 Å². The Morgan fingerprint density at radius 1 is 1.12 bits per heavy atom. The van der Waals surface area contributed by atoms with Crippen LogP contribution in [0.2, 0.25) is 0 Å². The second kappa shape index (κ2) is 3.63. The summed E-state index contributed by atoms with van der Waals surface area (Å²) in [5.41, 5.74) is 5.95. The molecule has 0 aliphatic carbocycles. The van der Waals surface area contributed by atoms with Gasteiger partial charge in [-0.15, -0.1) is 0 Å². The molecule has 3 nitrogen and oxygen atoms in total. The fraction of sp³-hybridized carbons (Fsp3) is 0.0714. The van der Waals surface area contributed by atoms with E-state index >= 15 is 0 Å². The van der Waals surface area contributed by atoms with E-state index in [0.717, 1.165) is 21.7 Å². The zero-order chi connectivity index (χ0) is 11.8. The molecule has 0 aliphatic rings. The number of nitrogens with two attached hydrogens (primary N) is 1. The van der Waals surface area contributed by atoms with Crippen molar-refractivity contribution >= 4 is 27.6 Å². The molecule has 0 unspecified atom stereocenters. The van der Waals surface area contributed by atoms with Crippen LogP contribution in [0.15, 0.2) is 46.9 Å². The number of amides is 1. The van der Waals surface area contributed by atoms with E-state index in [2.05, 4.69) is 6.07 Å². The fourth-order valence-corrected chi connectivity index (χ4v) is 2.10. The van der Waals surface area contributed by atoms with Gasteiger partial charge < -0.3 is 10.2 Å². The van der Waals surface area contributed by atoms with Crippen LogP contribution in [0.3, 0.4) is 0 Å². The molecule has 1 heterocycles. The molecule has 0 spiro atoms. The van der Waals surface area contributed by atoms with Crippen LogP contribution in [0.4, 0.5) is 0 Å². The average Bonchev–Trinajstić information content (AvgIpc) is 2.70. The van der Waals surface area contributed by atoms with Crippen molar-refractivity contribution in [2.75, 3.05) is 0 Å². The van der Waals surface area contributed by atoms with Gasteiger partial charge in [0.15, 0.2) is 0 Å². The van der Waals surface area contributed by atoms with Gasteiger partial charge in [-0.2, -0.15) is 0 Å². The summed E-state index contributed by atoms with van der Waals surface area (Å²) in [6.07, 6.45) is 0.142. The molecular weight excluding hydrogens is 214 g/mol. The van der Waals surface area contributed by atoms with Gasteiger partial charge in [-0.3, -0.25) is 4.79 Å². The monoisotopic (exact) mass is 225 g/mol. The van der Waals surface area contributed by atoms with E-state index in [4.69, 9.17) is 10.2 Å². The second-order valence-corrected chi connectivity index (χ2v) is 4.05. The minimum absolute atomic E-state index is 0.142. The molecule has 1 aromatic heterocycles. The van der Waals surface area contributed by atoms with Crippen molar-refractivity contribution in [2.45, 2.75) is 6.42 Å². The summed E-state index contributed by atoms with van der Waals surface area (Å²) in [6.45, 7) is 0. The SMILES string of the molecule is NC(=O)Cc1cc2c(ccc3ccccc32)o1. The Morgan fingerprint density at radius 2 is 1.94 bits per heavy atom. The van der Waals surface area contributed by atoms with Gasteiger partial charge in [-0.05, 0) is 22.9 Å². The van der Waals surface area contributed by atoms with Crippen molar-refractivity contribution in [1.82, 2.24) is 0 Å². The lowest BCUT2D eigenvalue weighted by Crippen LogP contribution is -2.12. The summed E-state index contributed by atoms with van der Waals surface area (Å²) >= 11 is 0. The number of rotatable bonds is 2. The van der Waals surface area contributed by atoms with Crippen LogP contribution in [0.5, 0.6) is 0 Å². The molecule has 17 heavy (non-hydrogen) atoms. The zero-order valence-corrected chi connectivity index (χ0v) is 9.14. The highest BCUT2D eigenvalue weighted by Gasteiger charge is 2.08. The first-order valence-corrected chi connectivity index (χ1v) is 5.42. The minimum Gasteiger partial charge on any atom is -0.461 e. The van der Waals surface area contributed by atoms with Crippen LogP contribution in [-0.4, -0.2) is 5.91 Å². The molecular formula is C14H11NO2. The van der Waals surface area contributed by atoms with E-state index in [1.165, 1.54) is 0 Å². The molecule has 0 saturated carbocycles. The standard InChI is InChI=1S/C14H11NO2/c15-14(16)8-10-7-12-11-4-2-1-3-9(11)5-6-13(12)17-10/h1-7H,8H2,(H2,15,16). The molecule has 0 saturated heterocycles. The Bertz CT molecular complexity index is 712. The van der Waals surface area contributed by atoms with Crippen LogP contribution in [0.1, 0.15) is 5.76 Å². The van der Waals surface area contributed by atoms with Gasteiger partial charge in [0, 0.05) is 5.39 Å². The third-order valence-corrected chi connectivity index (χ3v) is 2.83. The Labute approximate surface area is 97.8 Å². The van der Waals surface area contributed by atoms with Crippen LogP contribution in [-0.2, 0) is 11.2 Å². The molecule has 84 valence electrons. The maximum Gasteiger partial charge on any atom is 0.225 e. The highest BCUT2D eigenvalue weighted by molar-refractivity contribution is 6.06. The number of fused-ring (bicyclic) bond motifs is 3. The molecule has 0 fully saturated rings. The van der Waals surface area contributed by atoms with Crippen LogP contribution in [0.25, 0.3) is 21.7 Å². The maximum atomic E-state index is 10.9. The van der Waals surface area contributed by atoms with Crippen molar-refractivity contribution in [3.8, 4) is 0 Å². The lowest BCUT2D eigenvalue weighted by molar-refractivity contribution is -0.117. The molecule has 3 heteroatoms. The van der Waals surface area contributed by atoms with Crippen molar-refractivity contribution in [3.63, 3.8) is 0 Å². The quantitative estimate of drug-likeness (QED) is 0.728. The first-order valence-electron chi connectivity index (χ1n) is 5.42. The third-order valence-electron chi connectivity index (χ3n) is 2.83. The topological polar surface area (TPSA) is 56.2 Å². The predicted octanol–water partition coefficient (Wildman–Crippen LogP) is 2.61. The van der Waals surface area contributed by atoms with E-state index in [1.54, 1.807) is 0 Å². The summed E-state index contributed by atoms with van der Waals surface area (Å²) in [4.78, 5) is 10.9. The highest BCUT2D eigenvalue weighted by Crippen LogP contribution is 2.28. The zero-order valence-electron chi connectivity index (χ0n) is 9.14. The van der Waals surface area contributed by atoms with E-state index < -0.39 is 0 Å². The maximum absolute atomic E-state index is 10.9. The third kappa shape index (κ3) is 1.65. The molecule has 0 bridgehead atoms. The lowest BCUT2D eigenvalue weighted by atomic mass is 10.1.